The molecule has 6 nitrogen and oxygen atoms in total. The predicted molar refractivity (Wildman–Crippen MR) is 97.8 cm³/mol. The van der Waals surface area contributed by atoms with Gasteiger partial charge in [0, 0.05) is 13.1 Å². The molecule has 0 spiro atoms. The van der Waals surface area contributed by atoms with Crippen molar-refractivity contribution in [3.05, 3.63) is 35.9 Å². The average molecular weight is 360 g/mol. The highest BCUT2D eigenvalue weighted by Gasteiger charge is 2.45. The van der Waals surface area contributed by atoms with Crippen LogP contribution in [0.15, 0.2) is 30.3 Å². The summed E-state index contributed by atoms with van der Waals surface area (Å²) in [5.74, 6) is -0.947. The first-order valence-corrected chi connectivity index (χ1v) is 9.52. The second-order valence-corrected chi connectivity index (χ2v) is 7.23. The van der Waals surface area contributed by atoms with Gasteiger partial charge in [-0.05, 0) is 18.4 Å². The van der Waals surface area contributed by atoms with Crippen LogP contribution in [0.3, 0.4) is 0 Å². The van der Waals surface area contributed by atoms with Crippen molar-refractivity contribution in [2.24, 2.45) is 0 Å². The Balaban J connectivity index is 1.81. The Morgan fingerprint density at radius 3 is 2.38 bits per heavy atom. The van der Waals surface area contributed by atoms with Crippen molar-refractivity contribution in [1.29, 1.82) is 0 Å². The zero-order valence-electron chi connectivity index (χ0n) is 15.2. The summed E-state index contributed by atoms with van der Waals surface area (Å²) in [5, 5.41) is 12.4. The molecule has 6 heteroatoms. The summed E-state index contributed by atoms with van der Waals surface area (Å²) in [7, 11) is 0. The molecule has 1 atom stereocenters. The minimum atomic E-state index is -0.914. The molecule has 2 N–H and O–H groups in total. The molecule has 0 unspecified atom stereocenters. The summed E-state index contributed by atoms with van der Waals surface area (Å²) >= 11 is 0. The van der Waals surface area contributed by atoms with E-state index in [1.165, 1.54) is 0 Å². The number of ether oxygens (including phenoxy) is 1. The summed E-state index contributed by atoms with van der Waals surface area (Å²) in [4.78, 5) is 27.0. The van der Waals surface area contributed by atoms with Crippen LogP contribution < -0.4 is 5.32 Å². The number of benzene rings is 1. The standard InChI is InChI=1S/C20H28N2O4/c23-18(24)15-17(16-7-3-1-4-8-16)21-19(25)20(9-5-2-6-10-20)22-11-13-26-14-12-22/h1,3-4,7-8,17H,2,5-6,9-15H2,(H,21,25)(H,23,24)/t17-/m0/s1. The molecule has 2 fully saturated rings. The maximum absolute atomic E-state index is 13.4. The lowest BCUT2D eigenvalue weighted by molar-refractivity contribution is -0.142. The third-order valence-electron chi connectivity index (χ3n) is 5.61. The number of morpholine rings is 1. The van der Waals surface area contributed by atoms with E-state index in [-0.39, 0.29) is 12.3 Å². The first-order chi connectivity index (χ1) is 12.6. The van der Waals surface area contributed by atoms with Gasteiger partial charge >= 0.3 is 5.97 Å². The van der Waals surface area contributed by atoms with E-state index >= 15 is 0 Å². The van der Waals surface area contributed by atoms with Gasteiger partial charge in [0.1, 0.15) is 5.54 Å². The molecular formula is C20H28N2O4. The normalized spacial score (nSPS) is 21.7. The quantitative estimate of drug-likeness (QED) is 0.814. The lowest BCUT2D eigenvalue weighted by Gasteiger charge is -2.47. The van der Waals surface area contributed by atoms with Gasteiger partial charge in [0.05, 0.1) is 25.7 Å². The second kappa shape index (κ2) is 8.64. The number of hydrogen-bond acceptors (Lipinski definition) is 4. The molecule has 1 aromatic carbocycles. The number of carbonyl (C=O) groups excluding carboxylic acids is 1. The molecule has 1 aromatic rings. The van der Waals surface area contributed by atoms with Gasteiger partial charge < -0.3 is 15.2 Å². The molecule has 3 rings (SSSR count). The van der Waals surface area contributed by atoms with Crippen molar-refractivity contribution in [2.45, 2.75) is 50.1 Å². The topological polar surface area (TPSA) is 78.9 Å². The number of carboxylic acids is 1. The molecule has 1 aliphatic heterocycles. The summed E-state index contributed by atoms with van der Waals surface area (Å²) in [6.45, 7) is 2.79. The van der Waals surface area contributed by atoms with E-state index in [1.807, 2.05) is 30.3 Å². The Kier molecular flexibility index (Phi) is 6.27. The average Bonchev–Trinajstić information content (AvgIpc) is 2.69. The fraction of sp³-hybridized carbons (Fsp3) is 0.600. The molecule has 0 aromatic heterocycles. The van der Waals surface area contributed by atoms with Gasteiger partial charge in [-0.25, -0.2) is 0 Å². The van der Waals surface area contributed by atoms with Crippen molar-refractivity contribution in [1.82, 2.24) is 10.2 Å². The Bertz CT molecular complexity index is 607. The van der Waals surface area contributed by atoms with Crippen LogP contribution >= 0.6 is 0 Å². The molecular weight excluding hydrogens is 332 g/mol. The lowest BCUT2D eigenvalue weighted by atomic mass is 9.78. The highest BCUT2D eigenvalue weighted by Crippen LogP contribution is 2.35. The number of rotatable bonds is 6. The molecule has 142 valence electrons. The molecule has 1 saturated heterocycles. The Hall–Kier alpha value is -1.92. The number of carboxylic acid groups (broad SMARTS) is 1. The van der Waals surface area contributed by atoms with Crippen LogP contribution in [0.2, 0.25) is 0 Å². The first-order valence-electron chi connectivity index (χ1n) is 9.52. The van der Waals surface area contributed by atoms with Crippen LogP contribution in [0.25, 0.3) is 0 Å². The summed E-state index contributed by atoms with van der Waals surface area (Å²) < 4.78 is 5.47. The highest BCUT2D eigenvalue weighted by atomic mass is 16.5. The summed E-state index contributed by atoms with van der Waals surface area (Å²) in [5.41, 5.74) is 0.296. The van der Waals surface area contributed by atoms with Crippen LogP contribution in [0.5, 0.6) is 0 Å². The maximum atomic E-state index is 13.4. The van der Waals surface area contributed by atoms with E-state index in [4.69, 9.17) is 4.74 Å². The number of carbonyl (C=O) groups is 2. The van der Waals surface area contributed by atoms with Gasteiger partial charge in [0.2, 0.25) is 5.91 Å². The van der Waals surface area contributed by atoms with Crippen molar-refractivity contribution < 1.29 is 19.4 Å². The van der Waals surface area contributed by atoms with E-state index < -0.39 is 17.6 Å². The number of amides is 1. The van der Waals surface area contributed by atoms with Gasteiger partial charge in [0.15, 0.2) is 0 Å². The van der Waals surface area contributed by atoms with Crippen molar-refractivity contribution >= 4 is 11.9 Å². The Morgan fingerprint density at radius 1 is 1.12 bits per heavy atom. The SMILES string of the molecule is O=C(O)C[C@H](NC(=O)C1(N2CCOCC2)CCCCC1)c1ccccc1. The number of nitrogens with zero attached hydrogens (tertiary/aromatic N) is 1. The molecule has 1 amide bonds. The van der Waals surface area contributed by atoms with Crippen LogP contribution in [0.4, 0.5) is 0 Å². The Morgan fingerprint density at radius 2 is 1.77 bits per heavy atom. The largest absolute Gasteiger partial charge is 0.481 e. The fourth-order valence-electron chi connectivity index (χ4n) is 4.22. The second-order valence-electron chi connectivity index (χ2n) is 7.23. The summed E-state index contributed by atoms with van der Waals surface area (Å²) in [6, 6.07) is 8.86. The number of aliphatic carboxylic acids is 1. The van der Waals surface area contributed by atoms with E-state index in [0.717, 1.165) is 50.8 Å². The van der Waals surface area contributed by atoms with Crippen molar-refractivity contribution in [3.63, 3.8) is 0 Å². The zero-order chi connectivity index (χ0) is 18.4. The molecule has 1 saturated carbocycles. The predicted octanol–water partition coefficient (Wildman–Crippen LogP) is 2.35. The zero-order valence-corrected chi connectivity index (χ0v) is 15.2. The fourth-order valence-corrected chi connectivity index (χ4v) is 4.22. The molecule has 1 heterocycles. The smallest absolute Gasteiger partial charge is 0.305 e. The number of nitrogens with one attached hydrogen (secondary N) is 1. The van der Waals surface area contributed by atoms with Crippen molar-refractivity contribution in [2.75, 3.05) is 26.3 Å². The molecule has 2 aliphatic rings. The van der Waals surface area contributed by atoms with Gasteiger partial charge in [-0.15, -0.1) is 0 Å². The van der Waals surface area contributed by atoms with Crippen LogP contribution in [-0.2, 0) is 14.3 Å². The van der Waals surface area contributed by atoms with Gasteiger partial charge in [-0.2, -0.15) is 0 Å². The van der Waals surface area contributed by atoms with Crippen LogP contribution in [0, 0.1) is 0 Å². The molecule has 0 bridgehead atoms. The molecule has 1 aliphatic carbocycles. The van der Waals surface area contributed by atoms with E-state index in [2.05, 4.69) is 10.2 Å². The van der Waals surface area contributed by atoms with E-state index in [0.29, 0.717) is 13.2 Å². The molecule has 0 radical (unpaired) electrons. The van der Waals surface area contributed by atoms with Gasteiger partial charge in [-0.3, -0.25) is 14.5 Å². The minimum absolute atomic E-state index is 0.0331. The monoisotopic (exact) mass is 360 g/mol. The van der Waals surface area contributed by atoms with Gasteiger partial charge in [0.25, 0.3) is 0 Å². The highest BCUT2D eigenvalue weighted by molar-refractivity contribution is 5.87. The third-order valence-corrected chi connectivity index (χ3v) is 5.61. The van der Waals surface area contributed by atoms with Gasteiger partial charge in [-0.1, -0.05) is 49.6 Å². The minimum Gasteiger partial charge on any atom is -0.481 e. The third kappa shape index (κ3) is 4.24. The van der Waals surface area contributed by atoms with Crippen molar-refractivity contribution in [3.8, 4) is 0 Å². The van der Waals surface area contributed by atoms with Crippen LogP contribution in [0.1, 0.15) is 50.1 Å². The van der Waals surface area contributed by atoms with E-state index in [1.54, 1.807) is 0 Å². The maximum Gasteiger partial charge on any atom is 0.305 e. The number of hydrogen-bond donors (Lipinski definition) is 2. The van der Waals surface area contributed by atoms with E-state index in [9.17, 15) is 14.7 Å². The van der Waals surface area contributed by atoms with Crippen LogP contribution in [-0.4, -0.2) is 53.7 Å². The molecule has 26 heavy (non-hydrogen) atoms. The lowest BCUT2D eigenvalue weighted by Crippen LogP contribution is -2.62. The summed E-state index contributed by atoms with van der Waals surface area (Å²) in [6.07, 6.45) is 4.74. The first kappa shape index (κ1) is 18.9. The Labute approximate surface area is 154 Å².